The van der Waals surface area contributed by atoms with Crippen LogP contribution in [0.5, 0.6) is 0 Å². The number of H-pyrrole nitrogens is 1. The van der Waals surface area contributed by atoms with Crippen LogP contribution in [0.2, 0.25) is 0 Å². The van der Waals surface area contributed by atoms with Crippen LogP contribution < -0.4 is 5.32 Å². The summed E-state index contributed by atoms with van der Waals surface area (Å²) in [6, 6.07) is 2.03. The fraction of sp³-hybridized carbons (Fsp3) is 0.650. The molecule has 26 heavy (non-hydrogen) atoms. The van der Waals surface area contributed by atoms with Crippen molar-refractivity contribution in [2.24, 2.45) is 11.3 Å². The number of fused-ring (bicyclic) bond motifs is 1. The molecule has 0 saturated heterocycles. The summed E-state index contributed by atoms with van der Waals surface area (Å²) in [5, 5.41) is 15.0. The number of hydrogen-bond donors (Lipinski definition) is 2. The Morgan fingerprint density at radius 3 is 2.77 bits per heavy atom. The molecule has 2 N–H and O–H groups in total. The van der Waals surface area contributed by atoms with Crippen LogP contribution >= 0.6 is 0 Å². The zero-order valence-corrected chi connectivity index (χ0v) is 16.8. The molecule has 0 saturated carbocycles. The van der Waals surface area contributed by atoms with Gasteiger partial charge in [0.2, 0.25) is 0 Å². The SMILES string of the molecule is Cc1cc(C)n(C[C@@H](C)NC(=O)c2n[nH]c3c2C[C@@H](C(C)(C)C)CC3)n1. The van der Waals surface area contributed by atoms with Gasteiger partial charge in [0.15, 0.2) is 5.69 Å². The third-order valence-corrected chi connectivity index (χ3v) is 5.51. The summed E-state index contributed by atoms with van der Waals surface area (Å²) in [6.45, 7) is 13.5. The van der Waals surface area contributed by atoms with Gasteiger partial charge in [-0.2, -0.15) is 10.2 Å². The van der Waals surface area contributed by atoms with E-state index in [1.807, 2.05) is 31.5 Å². The maximum Gasteiger partial charge on any atom is 0.272 e. The first-order valence-electron chi connectivity index (χ1n) is 9.53. The molecule has 2 heterocycles. The fourth-order valence-corrected chi connectivity index (χ4v) is 3.88. The molecule has 0 fully saturated rings. The molecular formula is C20H31N5O. The zero-order chi connectivity index (χ0) is 19.1. The summed E-state index contributed by atoms with van der Waals surface area (Å²) in [5.74, 6) is 0.484. The Hall–Kier alpha value is -2.11. The van der Waals surface area contributed by atoms with Gasteiger partial charge in [-0.1, -0.05) is 20.8 Å². The number of rotatable bonds is 4. The van der Waals surface area contributed by atoms with Crippen molar-refractivity contribution < 1.29 is 4.79 Å². The monoisotopic (exact) mass is 357 g/mol. The van der Waals surface area contributed by atoms with Crippen molar-refractivity contribution in [3.8, 4) is 0 Å². The third-order valence-electron chi connectivity index (χ3n) is 5.51. The Balaban J connectivity index is 1.69. The lowest BCUT2D eigenvalue weighted by Gasteiger charge is -2.33. The van der Waals surface area contributed by atoms with Gasteiger partial charge >= 0.3 is 0 Å². The van der Waals surface area contributed by atoms with Crippen molar-refractivity contribution in [2.75, 3.05) is 0 Å². The van der Waals surface area contributed by atoms with Gasteiger partial charge in [-0.05, 0) is 57.4 Å². The molecule has 1 aliphatic rings. The molecule has 3 rings (SSSR count). The highest BCUT2D eigenvalue weighted by Crippen LogP contribution is 2.37. The van der Waals surface area contributed by atoms with Crippen LogP contribution in [0.15, 0.2) is 6.07 Å². The highest BCUT2D eigenvalue weighted by Gasteiger charge is 2.32. The number of amides is 1. The molecule has 0 bridgehead atoms. The van der Waals surface area contributed by atoms with Crippen LogP contribution in [0.25, 0.3) is 0 Å². The van der Waals surface area contributed by atoms with Crippen LogP contribution in [0.4, 0.5) is 0 Å². The summed E-state index contributed by atoms with van der Waals surface area (Å²) < 4.78 is 1.94. The van der Waals surface area contributed by atoms with E-state index in [0.717, 1.165) is 41.9 Å². The van der Waals surface area contributed by atoms with E-state index < -0.39 is 0 Å². The molecule has 142 valence electrons. The molecule has 2 aromatic rings. The Kier molecular flexibility index (Phi) is 4.95. The molecule has 0 aromatic carbocycles. The lowest BCUT2D eigenvalue weighted by molar-refractivity contribution is 0.0928. The van der Waals surface area contributed by atoms with Crippen LogP contribution in [-0.2, 0) is 19.4 Å². The molecule has 2 aromatic heterocycles. The highest BCUT2D eigenvalue weighted by molar-refractivity contribution is 5.94. The van der Waals surface area contributed by atoms with E-state index in [9.17, 15) is 4.79 Å². The molecule has 1 amide bonds. The molecule has 6 nitrogen and oxygen atoms in total. The van der Waals surface area contributed by atoms with Crippen molar-refractivity contribution >= 4 is 5.91 Å². The second-order valence-electron chi connectivity index (χ2n) is 8.82. The van der Waals surface area contributed by atoms with E-state index in [0.29, 0.717) is 18.2 Å². The number of nitrogens with one attached hydrogen (secondary N) is 2. The van der Waals surface area contributed by atoms with Gasteiger partial charge < -0.3 is 5.32 Å². The second-order valence-corrected chi connectivity index (χ2v) is 8.82. The zero-order valence-electron chi connectivity index (χ0n) is 16.8. The molecular weight excluding hydrogens is 326 g/mol. The molecule has 0 spiro atoms. The van der Waals surface area contributed by atoms with Gasteiger partial charge in [0.25, 0.3) is 5.91 Å². The standard InChI is InChI=1S/C20H31N5O/c1-12-9-14(3)25(24-12)11-13(2)21-19(26)18-16-10-15(20(4,5)6)7-8-17(16)22-23-18/h9,13,15H,7-8,10-11H2,1-6H3,(H,21,26)(H,22,23)/t13-,15+/m1/s1. The van der Waals surface area contributed by atoms with E-state index >= 15 is 0 Å². The average Bonchev–Trinajstić information content (AvgIpc) is 3.08. The summed E-state index contributed by atoms with van der Waals surface area (Å²) in [4.78, 5) is 12.8. The number of aromatic amines is 1. The number of aryl methyl sites for hydroxylation is 3. The minimum Gasteiger partial charge on any atom is -0.346 e. The lowest BCUT2D eigenvalue weighted by atomic mass is 9.71. The van der Waals surface area contributed by atoms with E-state index in [1.165, 1.54) is 0 Å². The number of nitrogens with zero attached hydrogens (tertiary/aromatic N) is 3. The Bertz CT molecular complexity index is 796. The smallest absolute Gasteiger partial charge is 0.272 e. The number of aromatic nitrogens is 4. The van der Waals surface area contributed by atoms with Crippen LogP contribution in [-0.4, -0.2) is 31.9 Å². The molecule has 0 aliphatic heterocycles. The highest BCUT2D eigenvalue weighted by atomic mass is 16.2. The van der Waals surface area contributed by atoms with Crippen LogP contribution in [0.1, 0.15) is 67.2 Å². The van der Waals surface area contributed by atoms with Crippen LogP contribution in [0.3, 0.4) is 0 Å². The third kappa shape index (κ3) is 3.84. The molecule has 1 aliphatic carbocycles. The van der Waals surface area contributed by atoms with E-state index in [1.54, 1.807) is 0 Å². The topological polar surface area (TPSA) is 75.6 Å². The van der Waals surface area contributed by atoms with Gasteiger partial charge in [-0.3, -0.25) is 14.6 Å². The van der Waals surface area contributed by atoms with Gasteiger partial charge in [0, 0.05) is 23.0 Å². The van der Waals surface area contributed by atoms with Crippen LogP contribution in [0, 0.1) is 25.2 Å². The normalized spacial score (nSPS) is 18.5. The van der Waals surface area contributed by atoms with Crippen molar-refractivity contribution in [1.29, 1.82) is 0 Å². The largest absolute Gasteiger partial charge is 0.346 e. The number of carbonyl (C=O) groups is 1. The molecule has 2 atom stereocenters. The Morgan fingerprint density at radius 2 is 2.15 bits per heavy atom. The van der Waals surface area contributed by atoms with E-state index in [-0.39, 0.29) is 17.4 Å². The first-order chi connectivity index (χ1) is 12.1. The van der Waals surface area contributed by atoms with E-state index in [2.05, 4.69) is 41.4 Å². The van der Waals surface area contributed by atoms with Gasteiger partial charge in [0.05, 0.1) is 12.2 Å². The number of carbonyl (C=O) groups excluding carboxylic acids is 1. The summed E-state index contributed by atoms with van der Waals surface area (Å²) in [5.41, 5.74) is 5.14. The maximum absolute atomic E-state index is 12.8. The van der Waals surface area contributed by atoms with Crippen molar-refractivity contribution in [2.45, 2.75) is 73.4 Å². The Labute approximate surface area is 155 Å². The summed E-state index contributed by atoms with van der Waals surface area (Å²) >= 11 is 0. The first-order valence-corrected chi connectivity index (χ1v) is 9.53. The van der Waals surface area contributed by atoms with Gasteiger partial charge in [-0.25, -0.2) is 0 Å². The average molecular weight is 358 g/mol. The molecule has 0 unspecified atom stereocenters. The van der Waals surface area contributed by atoms with E-state index in [4.69, 9.17) is 0 Å². The lowest BCUT2D eigenvalue weighted by Crippen LogP contribution is -2.37. The van der Waals surface area contributed by atoms with Crippen molar-refractivity contribution in [1.82, 2.24) is 25.3 Å². The fourth-order valence-electron chi connectivity index (χ4n) is 3.88. The second kappa shape index (κ2) is 6.89. The first kappa shape index (κ1) is 18.7. The number of hydrogen-bond acceptors (Lipinski definition) is 3. The molecule has 6 heteroatoms. The summed E-state index contributed by atoms with van der Waals surface area (Å²) in [6.07, 6.45) is 3.04. The van der Waals surface area contributed by atoms with Gasteiger partial charge in [0.1, 0.15) is 0 Å². The van der Waals surface area contributed by atoms with Gasteiger partial charge in [-0.15, -0.1) is 0 Å². The quantitative estimate of drug-likeness (QED) is 0.882. The van der Waals surface area contributed by atoms with Crippen molar-refractivity contribution in [3.63, 3.8) is 0 Å². The Morgan fingerprint density at radius 1 is 1.42 bits per heavy atom. The minimum absolute atomic E-state index is 0.0187. The minimum atomic E-state index is -0.0916. The predicted molar refractivity (Wildman–Crippen MR) is 102 cm³/mol. The predicted octanol–water partition coefficient (Wildman–Crippen LogP) is 3.19. The summed E-state index contributed by atoms with van der Waals surface area (Å²) in [7, 11) is 0. The maximum atomic E-state index is 12.8. The van der Waals surface area contributed by atoms with Crippen molar-refractivity contribution in [3.05, 3.63) is 34.4 Å². The molecule has 0 radical (unpaired) electrons.